The fourth-order valence-electron chi connectivity index (χ4n) is 8.89. The van der Waals surface area contributed by atoms with Gasteiger partial charge in [-0.05, 0) is 121 Å². The molecule has 3 N–H and O–H groups in total. The Labute approximate surface area is 395 Å². The van der Waals surface area contributed by atoms with Gasteiger partial charge in [-0.25, -0.2) is 4.79 Å². The number of likely N-dealkylation sites (tertiary alicyclic amines) is 1. The summed E-state index contributed by atoms with van der Waals surface area (Å²) in [6.07, 6.45) is 29.6. The molecule has 4 rings (SSSR count). The summed E-state index contributed by atoms with van der Waals surface area (Å²) in [7, 11) is 3.10. The fraction of sp³-hybridized carbons (Fsp3) is 0.648. The second-order valence-electron chi connectivity index (χ2n) is 18.7. The summed E-state index contributed by atoms with van der Waals surface area (Å²) in [5, 5.41) is 33.5. The first-order valence-electron chi connectivity index (χ1n) is 24.6. The molecule has 0 spiro atoms. The Hall–Kier alpha value is -4.41. The van der Waals surface area contributed by atoms with Gasteiger partial charge in [-0.15, -0.1) is 0 Å². The number of rotatable bonds is 23. The molecule has 7 unspecified atom stereocenters. The molecule has 366 valence electrons. The Bertz CT molecular complexity index is 1850. The fourth-order valence-corrected chi connectivity index (χ4v) is 8.89. The number of amides is 1. The Morgan fingerprint density at radius 3 is 2.47 bits per heavy atom. The van der Waals surface area contributed by atoms with E-state index in [9.17, 15) is 29.4 Å². The van der Waals surface area contributed by atoms with E-state index in [1.807, 2.05) is 57.4 Å². The first kappa shape index (κ1) is 55.9. The summed E-state index contributed by atoms with van der Waals surface area (Å²) in [6, 6.07) is 9.04. The van der Waals surface area contributed by atoms with Gasteiger partial charge in [0.2, 0.25) is 5.79 Å². The molecule has 2 aliphatic heterocycles. The number of allylic oxidation sites excluding steroid dienone is 6. The highest BCUT2D eigenvalue weighted by Crippen LogP contribution is 2.32. The van der Waals surface area contributed by atoms with Gasteiger partial charge in [-0.2, -0.15) is 5.26 Å². The van der Waals surface area contributed by atoms with Gasteiger partial charge in [-0.1, -0.05) is 100 Å². The maximum Gasteiger partial charge on any atom is 0.328 e. The first-order chi connectivity index (χ1) is 31.6. The average molecular weight is 916 g/mol. The number of ether oxygens (including phenoxy) is 3. The number of nitrogens with one attached hydrogen (secondary N) is 1. The number of benzene rings is 1. The van der Waals surface area contributed by atoms with Crippen LogP contribution in [-0.2, 0) is 33.4 Å². The molecule has 0 radical (unpaired) electrons. The summed E-state index contributed by atoms with van der Waals surface area (Å²) in [6.45, 7) is 10.3. The van der Waals surface area contributed by atoms with Crippen LogP contribution in [0.3, 0.4) is 0 Å². The molecule has 66 heavy (non-hydrogen) atoms. The molecule has 12 heteroatoms. The largest absolute Gasteiger partial charge is 0.467 e. The maximum absolute atomic E-state index is 12.7. The predicted octanol–water partition coefficient (Wildman–Crippen LogP) is 9.89. The molecule has 0 bridgehead atoms. The molecule has 1 aromatic carbocycles. The molecule has 1 aromatic rings. The summed E-state index contributed by atoms with van der Waals surface area (Å²) in [5.74, 6) is -4.04. The zero-order chi connectivity index (χ0) is 48.5. The molecular weight excluding hydrogens is 835 g/mol. The Kier molecular flexibility index (Phi) is 25.5. The van der Waals surface area contributed by atoms with Crippen molar-refractivity contribution in [1.29, 1.82) is 5.26 Å². The van der Waals surface area contributed by atoms with Crippen LogP contribution in [0, 0.1) is 29.1 Å². The van der Waals surface area contributed by atoms with Crippen LogP contribution in [0.4, 0.5) is 5.69 Å². The number of carbonyl (C=O) groups excluding carboxylic acids is 4. The normalized spacial score (nSPS) is 24.2. The lowest BCUT2D eigenvalue weighted by Crippen LogP contribution is -2.59. The molecule has 3 aliphatic rings. The van der Waals surface area contributed by atoms with Gasteiger partial charge in [0.15, 0.2) is 0 Å². The van der Waals surface area contributed by atoms with Gasteiger partial charge >= 0.3 is 5.97 Å². The zero-order valence-corrected chi connectivity index (χ0v) is 41.1. The zero-order valence-electron chi connectivity index (χ0n) is 41.1. The van der Waals surface area contributed by atoms with Gasteiger partial charge in [0.1, 0.15) is 11.8 Å². The number of aliphatic hydroxyl groups is 2. The van der Waals surface area contributed by atoms with Crippen LogP contribution in [0.1, 0.15) is 156 Å². The number of esters is 1. The third-order valence-electron chi connectivity index (χ3n) is 13.6. The van der Waals surface area contributed by atoms with Crippen molar-refractivity contribution in [2.75, 3.05) is 32.7 Å². The number of piperidine rings is 1. The van der Waals surface area contributed by atoms with Crippen LogP contribution in [0.5, 0.6) is 0 Å². The minimum Gasteiger partial charge on any atom is -0.467 e. The van der Waals surface area contributed by atoms with E-state index in [0.717, 1.165) is 55.7 Å². The summed E-state index contributed by atoms with van der Waals surface area (Å²) < 4.78 is 15.5. The second kappa shape index (κ2) is 30.1. The molecule has 1 amide bonds. The Morgan fingerprint density at radius 2 is 1.74 bits per heavy atom. The molecular formula is C54H81N3O9. The predicted molar refractivity (Wildman–Crippen MR) is 260 cm³/mol. The number of ketones is 2. The minimum absolute atomic E-state index is 0.0667. The van der Waals surface area contributed by atoms with E-state index in [4.69, 9.17) is 19.5 Å². The van der Waals surface area contributed by atoms with Crippen molar-refractivity contribution in [2.24, 2.45) is 17.8 Å². The third kappa shape index (κ3) is 18.7. The van der Waals surface area contributed by atoms with Crippen molar-refractivity contribution in [3.63, 3.8) is 0 Å². The molecule has 2 saturated heterocycles. The minimum atomic E-state index is -2.09. The van der Waals surface area contributed by atoms with Crippen molar-refractivity contribution in [3.05, 3.63) is 77.4 Å². The number of hydrogen-bond donors (Lipinski definition) is 3. The van der Waals surface area contributed by atoms with Gasteiger partial charge in [-0.3, -0.25) is 14.4 Å². The number of unbranched alkanes of at least 4 members (excludes halogenated alkanes) is 4. The molecule has 1 saturated carbocycles. The van der Waals surface area contributed by atoms with Crippen LogP contribution in [-0.4, -0.2) is 96.0 Å². The van der Waals surface area contributed by atoms with Crippen molar-refractivity contribution in [3.8, 4) is 6.07 Å². The van der Waals surface area contributed by atoms with E-state index in [2.05, 4.69) is 43.5 Å². The quantitative estimate of drug-likeness (QED) is 0.0313. The van der Waals surface area contributed by atoms with Gasteiger partial charge in [0.05, 0.1) is 37.6 Å². The summed E-state index contributed by atoms with van der Waals surface area (Å²) in [4.78, 5) is 50.7. The van der Waals surface area contributed by atoms with E-state index < -0.39 is 41.5 Å². The summed E-state index contributed by atoms with van der Waals surface area (Å²) >= 11 is 0. The molecule has 3 fully saturated rings. The smallest absolute Gasteiger partial charge is 0.328 e. The van der Waals surface area contributed by atoms with Crippen molar-refractivity contribution in [2.45, 2.75) is 180 Å². The Morgan fingerprint density at radius 1 is 0.970 bits per heavy atom. The van der Waals surface area contributed by atoms with E-state index in [1.165, 1.54) is 68.9 Å². The van der Waals surface area contributed by atoms with Crippen LogP contribution >= 0.6 is 0 Å². The third-order valence-corrected chi connectivity index (χ3v) is 13.6. The topological polar surface area (TPSA) is 175 Å². The monoisotopic (exact) mass is 916 g/mol. The lowest BCUT2D eigenvalue weighted by atomic mass is 9.84. The molecule has 1 aliphatic carbocycles. The number of Topliss-reactive ketones (excluding diaryl/α,β-unsaturated/α-hetero) is 2. The lowest BCUT2D eigenvalue weighted by molar-refractivity contribution is -0.240. The maximum atomic E-state index is 12.7. The molecule has 12 nitrogen and oxygen atoms in total. The number of methoxy groups -OCH3 is 2. The number of nitriles is 1. The van der Waals surface area contributed by atoms with Crippen molar-refractivity contribution >= 4 is 29.1 Å². The van der Waals surface area contributed by atoms with Gasteiger partial charge in [0, 0.05) is 43.6 Å². The average Bonchev–Trinajstić information content (AvgIpc) is 3.33. The van der Waals surface area contributed by atoms with E-state index in [1.54, 1.807) is 13.0 Å². The van der Waals surface area contributed by atoms with Crippen LogP contribution in [0.25, 0.3) is 0 Å². The number of nitrogens with zero attached hydrogens (tertiary/aromatic N) is 2. The van der Waals surface area contributed by atoms with Crippen LogP contribution in [0.15, 0.2) is 71.9 Å². The second-order valence-corrected chi connectivity index (χ2v) is 18.7. The molecule has 2 heterocycles. The standard InChI is InChI=1S/C39H58N2O3.C15H23NO6/c1-30(33(4)41-36-24-16-23-35(26-36)29-40)18-12-8-6-9-13-19-31(2)38(42)28-39(43)32(3)20-14-10-7-11-15-21-34-22-17-25-37(27-34)44-5;1-10-6-5-9-22-15(10,20)12(17)13(18)16-8-4-3-7-11(16)14(19)21-2/h6,8-9,12,16,18,20,23-24,26,31,33-34,37,39,41,43H,7,10-11,13-15,17,19,21-22,25,27-28H2,1-5H3;10-11,20H,3-9H2,1-2H3/b9-6+,12-8+,30-18+,32-20+;/t;10?,11-,15?/m.0/s1. The number of anilines is 1. The van der Waals surface area contributed by atoms with Crippen LogP contribution < -0.4 is 5.32 Å². The van der Waals surface area contributed by atoms with Crippen molar-refractivity contribution in [1.82, 2.24) is 4.90 Å². The Balaban J connectivity index is 0.000000437. The number of aliphatic hydroxyl groups excluding tert-OH is 1. The van der Waals surface area contributed by atoms with Gasteiger partial charge in [0.25, 0.3) is 11.7 Å². The molecule has 0 aromatic heterocycles. The molecule has 8 atom stereocenters. The highest BCUT2D eigenvalue weighted by atomic mass is 16.6. The van der Waals surface area contributed by atoms with Gasteiger partial charge < -0.3 is 34.6 Å². The summed E-state index contributed by atoms with van der Waals surface area (Å²) in [5.41, 5.74) is 3.69. The lowest BCUT2D eigenvalue weighted by Gasteiger charge is -2.39. The highest BCUT2D eigenvalue weighted by Gasteiger charge is 2.50. The van der Waals surface area contributed by atoms with E-state index >= 15 is 0 Å². The highest BCUT2D eigenvalue weighted by molar-refractivity contribution is 6.39. The van der Waals surface area contributed by atoms with Crippen LogP contribution in [0.2, 0.25) is 0 Å². The number of hydrogen-bond acceptors (Lipinski definition) is 11. The SMILES string of the molecule is COC(=O)[C@@H]1CCCCN1C(=O)C(=O)C1(O)OCCCC1C.COC1CCCC(CCCCCC/C=C(\C)C(O)CC(=O)C(C)CC/C=C/C=C/C=C(\C)C(C)Nc2cccc(C#N)c2)C1. The van der Waals surface area contributed by atoms with E-state index in [0.29, 0.717) is 37.5 Å². The number of carbonyl (C=O) groups is 4. The first-order valence-corrected chi connectivity index (χ1v) is 24.6. The van der Waals surface area contributed by atoms with Crippen molar-refractivity contribution < 1.29 is 43.6 Å². The van der Waals surface area contributed by atoms with E-state index in [-0.39, 0.29) is 30.8 Å².